The van der Waals surface area contributed by atoms with Crippen LogP contribution in [0.5, 0.6) is 11.5 Å². The van der Waals surface area contributed by atoms with Crippen molar-refractivity contribution in [2.75, 3.05) is 13.2 Å². The number of halogens is 1. The molecule has 0 atom stereocenters. The third-order valence-electron chi connectivity index (χ3n) is 5.49. The lowest BCUT2D eigenvalue weighted by molar-refractivity contribution is -0.156. The van der Waals surface area contributed by atoms with Crippen LogP contribution in [0.2, 0.25) is 0 Å². The number of fused-ring (bicyclic) bond motifs is 1. The van der Waals surface area contributed by atoms with Crippen molar-refractivity contribution < 1.29 is 28.6 Å². The van der Waals surface area contributed by atoms with Crippen LogP contribution in [0.1, 0.15) is 38.8 Å². The predicted octanol–water partition coefficient (Wildman–Crippen LogP) is 6.96. The van der Waals surface area contributed by atoms with Gasteiger partial charge >= 0.3 is 5.97 Å². The standard InChI is InChI=1S/C29H28BrNO6S/c1-5-35-23-13-20(14-25-27(33)31(28(34)38-25)16-26(32)37-29(2,3)4)22(30)15-24(23)36-17-19-11-8-10-18-9-6-7-12-21(18)19/h6-15H,5,16-17H2,1-4H3. The second kappa shape index (κ2) is 11.6. The summed E-state index contributed by atoms with van der Waals surface area (Å²) >= 11 is 4.33. The van der Waals surface area contributed by atoms with Gasteiger partial charge in [-0.25, -0.2) is 0 Å². The molecule has 1 saturated heterocycles. The summed E-state index contributed by atoms with van der Waals surface area (Å²) in [6.07, 6.45) is 1.60. The fraction of sp³-hybridized carbons (Fsp3) is 0.276. The topological polar surface area (TPSA) is 82.1 Å². The van der Waals surface area contributed by atoms with Crippen LogP contribution in [0, 0.1) is 0 Å². The normalized spacial score (nSPS) is 14.9. The summed E-state index contributed by atoms with van der Waals surface area (Å²) in [6.45, 7) is 7.36. The average Bonchev–Trinajstić information content (AvgIpc) is 3.11. The molecule has 0 unspecified atom stereocenters. The smallest absolute Gasteiger partial charge is 0.326 e. The summed E-state index contributed by atoms with van der Waals surface area (Å²) < 4.78 is 17.9. The van der Waals surface area contributed by atoms with Gasteiger partial charge in [-0.05, 0) is 79.6 Å². The van der Waals surface area contributed by atoms with Crippen molar-refractivity contribution >= 4 is 61.7 Å². The number of ether oxygens (including phenoxy) is 3. The third-order valence-corrected chi connectivity index (χ3v) is 7.09. The quantitative estimate of drug-likeness (QED) is 0.205. The van der Waals surface area contributed by atoms with E-state index in [4.69, 9.17) is 14.2 Å². The molecule has 1 heterocycles. The lowest BCUT2D eigenvalue weighted by Crippen LogP contribution is -2.37. The predicted molar refractivity (Wildman–Crippen MR) is 152 cm³/mol. The molecule has 3 aromatic carbocycles. The summed E-state index contributed by atoms with van der Waals surface area (Å²) in [4.78, 5) is 38.7. The molecule has 9 heteroatoms. The maximum atomic E-state index is 12.9. The summed E-state index contributed by atoms with van der Waals surface area (Å²) in [5.41, 5.74) is 0.963. The Morgan fingerprint density at radius 2 is 1.74 bits per heavy atom. The summed E-state index contributed by atoms with van der Waals surface area (Å²) in [5, 5.41) is 1.73. The van der Waals surface area contributed by atoms with E-state index in [-0.39, 0.29) is 4.91 Å². The molecule has 0 aromatic heterocycles. The van der Waals surface area contributed by atoms with E-state index < -0.39 is 29.3 Å². The number of imide groups is 1. The maximum Gasteiger partial charge on any atom is 0.326 e. The molecule has 198 valence electrons. The highest BCUT2D eigenvalue weighted by Gasteiger charge is 2.37. The molecule has 0 aliphatic carbocycles. The Labute approximate surface area is 234 Å². The van der Waals surface area contributed by atoms with Crippen LogP contribution in [0.25, 0.3) is 16.8 Å². The number of benzene rings is 3. The van der Waals surface area contributed by atoms with Crippen molar-refractivity contribution in [1.82, 2.24) is 4.90 Å². The van der Waals surface area contributed by atoms with Crippen LogP contribution >= 0.6 is 27.7 Å². The number of thioether (sulfide) groups is 1. The van der Waals surface area contributed by atoms with Crippen molar-refractivity contribution in [2.24, 2.45) is 0 Å². The van der Waals surface area contributed by atoms with Gasteiger partial charge in [0.1, 0.15) is 18.8 Å². The maximum absolute atomic E-state index is 12.9. The first-order valence-electron chi connectivity index (χ1n) is 12.1. The highest BCUT2D eigenvalue weighted by Crippen LogP contribution is 2.38. The zero-order valence-corrected chi connectivity index (χ0v) is 24.0. The fourth-order valence-electron chi connectivity index (χ4n) is 3.90. The van der Waals surface area contributed by atoms with E-state index in [0.717, 1.165) is 33.0 Å². The number of nitrogens with zero attached hydrogens (tertiary/aromatic N) is 1. The second-order valence-corrected chi connectivity index (χ2v) is 11.4. The minimum absolute atomic E-state index is 0.200. The molecule has 38 heavy (non-hydrogen) atoms. The molecule has 0 N–H and O–H groups in total. The largest absolute Gasteiger partial charge is 0.490 e. The van der Waals surface area contributed by atoms with Crippen LogP contribution in [0.15, 0.2) is 64.0 Å². The molecule has 1 aliphatic heterocycles. The number of esters is 1. The molecule has 2 amide bonds. The van der Waals surface area contributed by atoms with E-state index in [1.807, 2.05) is 31.2 Å². The third kappa shape index (κ3) is 6.57. The number of hydrogen-bond donors (Lipinski definition) is 0. The number of amides is 2. The van der Waals surface area contributed by atoms with E-state index in [9.17, 15) is 14.4 Å². The van der Waals surface area contributed by atoms with Crippen LogP contribution < -0.4 is 9.47 Å². The fourth-order valence-corrected chi connectivity index (χ4v) is 5.16. The molecular weight excluding hydrogens is 570 g/mol. The Hall–Kier alpha value is -3.30. The number of carbonyl (C=O) groups is 3. The minimum atomic E-state index is -0.716. The van der Waals surface area contributed by atoms with Crippen molar-refractivity contribution in [3.8, 4) is 11.5 Å². The van der Waals surface area contributed by atoms with E-state index >= 15 is 0 Å². The Kier molecular flexibility index (Phi) is 8.47. The second-order valence-electron chi connectivity index (χ2n) is 9.53. The SMILES string of the molecule is CCOc1cc(C=C2SC(=O)N(CC(=O)OC(C)(C)C)C2=O)c(Br)cc1OCc1cccc2ccccc12. The van der Waals surface area contributed by atoms with Gasteiger partial charge in [0.25, 0.3) is 11.1 Å². The van der Waals surface area contributed by atoms with E-state index in [1.165, 1.54) is 0 Å². The van der Waals surface area contributed by atoms with E-state index in [0.29, 0.717) is 34.7 Å². The molecule has 7 nitrogen and oxygen atoms in total. The minimum Gasteiger partial charge on any atom is -0.490 e. The molecule has 4 rings (SSSR count). The zero-order chi connectivity index (χ0) is 27.4. The van der Waals surface area contributed by atoms with Gasteiger partial charge in [-0.2, -0.15) is 0 Å². The molecule has 1 fully saturated rings. The Balaban J connectivity index is 1.55. The van der Waals surface area contributed by atoms with Gasteiger partial charge in [0.05, 0.1) is 11.5 Å². The van der Waals surface area contributed by atoms with Gasteiger partial charge in [-0.3, -0.25) is 19.3 Å². The summed E-state index contributed by atoms with van der Waals surface area (Å²) in [5.74, 6) is -0.141. The lowest BCUT2D eigenvalue weighted by Gasteiger charge is -2.21. The summed E-state index contributed by atoms with van der Waals surface area (Å²) in [6, 6.07) is 17.8. The van der Waals surface area contributed by atoms with E-state index in [2.05, 4.69) is 34.1 Å². The van der Waals surface area contributed by atoms with Gasteiger partial charge < -0.3 is 14.2 Å². The highest BCUT2D eigenvalue weighted by atomic mass is 79.9. The van der Waals surface area contributed by atoms with Crippen LogP contribution in [-0.2, 0) is 20.9 Å². The first-order valence-corrected chi connectivity index (χ1v) is 13.7. The number of hydrogen-bond acceptors (Lipinski definition) is 7. The first-order chi connectivity index (χ1) is 18.1. The molecule has 1 aliphatic rings. The Morgan fingerprint density at radius 1 is 1.03 bits per heavy atom. The zero-order valence-electron chi connectivity index (χ0n) is 21.6. The van der Waals surface area contributed by atoms with Gasteiger partial charge in [-0.1, -0.05) is 58.4 Å². The molecule has 0 saturated carbocycles. The Bertz CT molecular complexity index is 1420. The van der Waals surface area contributed by atoms with Crippen molar-refractivity contribution in [3.05, 3.63) is 75.1 Å². The molecule has 0 bridgehead atoms. The molecule has 0 radical (unpaired) electrons. The van der Waals surface area contributed by atoms with Crippen molar-refractivity contribution in [1.29, 1.82) is 0 Å². The average molecular weight is 599 g/mol. The highest BCUT2D eigenvalue weighted by molar-refractivity contribution is 9.10. The van der Waals surface area contributed by atoms with Gasteiger partial charge in [0, 0.05) is 4.47 Å². The van der Waals surface area contributed by atoms with Crippen LogP contribution in [0.4, 0.5) is 4.79 Å². The molecule has 0 spiro atoms. The molecule has 3 aromatic rings. The lowest BCUT2D eigenvalue weighted by atomic mass is 10.1. The molecular formula is C29H28BrNO6S. The number of carbonyl (C=O) groups excluding carboxylic acids is 3. The van der Waals surface area contributed by atoms with Crippen molar-refractivity contribution in [2.45, 2.75) is 39.9 Å². The van der Waals surface area contributed by atoms with Gasteiger partial charge in [0.15, 0.2) is 11.5 Å². The van der Waals surface area contributed by atoms with E-state index in [1.54, 1.807) is 39.0 Å². The van der Waals surface area contributed by atoms with Crippen LogP contribution in [0.3, 0.4) is 0 Å². The number of rotatable bonds is 8. The monoisotopic (exact) mass is 597 g/mol. The summed E-state index contributed by atoms with van der Waals surface area (Å²) in [7, 11) is 0. The van der Waals surface area contributed by atoms with Crippen LogP contribution in [-0.4, -0.2) is 40.8 Å². The Morgan fingerprint density at radius 3 is 2.47 bits per heavy atom. The van der Waals surface area contributed by atoms with Crippen molar-refractivity contribution in [3.63, 3.8) is 0 Å². The van der Waals surface area contributed by atoms with Gasteiger partial charge in [0.2, 0.25) is 0 Å². The van der Waals surface area contributed by atoms with Gasteiger partial charge in [-0.15, -0.1) is 0 Å². The first kappa shape index (κ1) is 27.7.